The van der Waals surface area contributed by atoms with Crippen molar-refractivity contribution in [3.8, 4) is 6.07 Å². The number of urea groups is 1. The lowest BCUT2D eigenvalue weighted by Crippen LogP contribution is -2.57. The molecule has 9 heteroatoms. The zero-order chi connectivity index (χ0) is 24.5. The molecule has 2 heterocycles. The second-order valence-electron chi connectivity index (χ2n) is 9.61. The Balaban J connectivity index is 1.68. The topological polar surface area (TPSA) is 96.7 Å². The molecule has 1 aliphatic carbocycles. The fraction of sp³-hybridized carbons (Fsp3) is 0.480. The molecule has 1 aliphatic heterocycles. The van der Waals surface area contributed by atoms with E-state index in [0.29, 0.717) is 12.4 Å². The molecule has 4 rings (SSSR count). The van der Waals surface area contributed by atoms with Gasteiger partial charge in [0.05, 0.1) is 12.1 Å². The third-order valence-corrected chi connectivity index (χ3v) is 7.47. The van der Waals surface area contributed by atoms with Crippen LogP contribution in [0.1, 0.15) is 37.1 Å². The number of hydrogen-bond acceptors (Lipinski definition) is 6. The number of aromatic nitrogens is 2. The molecule has 2 fully saturated rings. The highest BCUT2D eigenvalue weighted by Crippen LogP contribution is 2.49. The number of anilines is 1. The number of nitriles is 1. The molecule has 3 amide bonds. The summed E-state index contributed by atoms with van der Waals surface area (Å²) in [6, 6.07) is 13.8. The average Bonchev–Trinajstić information content (AvgIpc) is 3.11. The summed E-state index contributed by atoms with van der Waals surface area (Å²) in [5, 5.41) is 9.22. The first-order chi connectivity index (χ1) is 16.2. The molecule has 9 nitrogen and oxygen atoms in total. The molecule has 178 valence electrons. The van der Waals surface area contributed by atoms with Crippen LogP contribution >= 0.6 is 0 Å². The predicted molar refractivity (Wildman–Crippen MR) is 128 cm³/mol. The van der Waals surface area contributed by atoms with Crippen molar-refractivity contribution >= 4 is 17.8 Å². The van der Waals surface area contributed by atoms with E-state index < -0.39 is 5.54 Å². The van der Waals surface area contributed by atoms with Crippen LogP contribution in [0.3, 0.4) is 0 Å². The zero-order valence-corrected chi connectivity index (χ0v) is 20.2. The second kappa shape index (κ2) is 9.03. The van der Waals surface area contributed by atoms with Crippen LogP contribution in [0.4, 0.5) is 10.6 Å². The number of hydrogen-bond donors (Lipinski definition) is 0. The van der Waals surface area contributed by atoms with Crippen molar-refractivity contribution in [1.29, 1.82) is 5.26 Å². The number of amides is 3. The van der Waals surface area contributed by atoms with Crippen LogP contribution in [-0.2, 0) is 10.3 Å². The van der Waals surface area contributed by atoms with E-state index in [0.717, 1.165) is 25.7 Å². The maximum absolute atomic E-state index is 13.6. The molecule has 0 N–H and O–H groups in total. The van der Waals surface area contributed by atoms with Crippen LogP contribution in [0.2, 0.25) is 0 Å². The third kappa shape index (κ3) is 3.99. The average molecular weight is 462 g/mol. The SMILES string of the molecule is CN(C)C(=O)CN1C(=O)N(c2ccnc(C#N)n2)CC12CCC(c1ccccc1)(N(C)C)CC2. The van der Waals surface area contributed by atoms with Gasteiger partial charge in [0, 0.05) is 25.8 Å². The molecule has 0 unspecified atom stereocenters. The van der Waals surface area contributed by atoms with E-state index in [9.17, 15) is 14.9 Å². The summed E-state index contributed by atoms with van der Waals surface area (Å²) >= 11 is 0. The number of benzene rings is 1. The summed E-state index contributed by atoms with van der Waals surface area (Å²) in [6.07, 6.45) is 4.69. The summed E-state index contributed by atoms with van der Waals surface area (Å²) in [5.41, 5.74) is 0.638. The largest absolute Gasteiger partial charge is 0.347 e. The summed E-state index contributed by atoms with van der Waals surface area (Å²) in [5.74, 6) is 0.284. The first-order valence-electron chi connectivity index (χ1n) is 11.5. The maximum atomic E-state index is 13.6. The standard InChI is InChI=1S/C25H31N7O2/c1-29(2)22(33)17-32-23(34)31(21-10-15-27-20(16-26)28-21)18-24(32)11-13-25(14-12-24,30(3)4)19-8-6-5-7-9-19/h5-10,15H,11-14,17-18H2,1-4H3. The number of carbonyl (C=O) groups excluding carboxylic acids is 2. The van der Waals surface area contributed by atoms with Gasteiger partial charge in [-0.15, -0.1) is 0 Å². The van der Waals surface area contributed by atoms with Gasteiger partial charge in [-0.1, -0.05) is 30.3 Å². The fourth-order valence-corrected chi connectivity index (χ4v) is 5.34. The Kier molecular flexibility index (Phi) is 6.28. The monoisotopic (exact) mass is 461 g/mol. The van der Waals surface area contributed by atoms with Gasteiger partial charge in [-0.25, -0.2) is 14.8 Å². The van der Waals surface area contributed by atoms with Gasteiger partial charge in [0.2, 0.25) is 11.7 Å². The number of rotatable bonds is 5. The molecule has 1 spiro atoms. The molecule has 1 aromatic carbocycles. The smallest absolute Gasteiger partial charge is 0.326 e. The lowest BCUT2D eigenvalue weighted by atomic mass is 9.68. The van der Waals surface area contributed by atoms with Gasteiger partial charge >= 0.3 is 6.03 Å². The van der Waals surface area contributed by atoms with Gasteiger partial charge < -0.3 is 9.80 Å². The Morgan fingerprint density at radius 2 is 1.76 bits per heavy atom. The molecule has 1 saturated heterocycles. The van der Waals surface area contributed by atoms with Crippen LogP contribution in [0.5, 0.6) is 0 Å². The van der Waals surface area contributed by atoms with Crippen molar-refractivity contribution in [1.82, 2.24) is 24.7 Å². The van der Waals surface area contributed by atoms with Crippen molar-refractivity contribution in [3.63, 3.8) is 0 Å². The fourth-order valence-electron chi connectivity index (χ4n) is 5.34. The van der Waals surface area contributed by atoms with E-state index in [-0.39, 0.29) is 29.8 Å². The van der Waals surface area contributed by atoms with E-state index in [1.165, 1.54) is 16.7 Å². The second-order valence-corrected chi connectivity index (χ2v) is 9.61. The predicted octanol–water partition coefficient (Wildman–Crippen LogP) is 2.45. The number of nitrogens with zero attached hydrogens (tertiary/aromatic N) is 7. The van der Waals surface area contributed by atoms with E-state index in [4.69, 9.17) is 0 Å². The van der Waals surface area contributed by atoms with Crippen molar-refractivity contribution < 1.29 is 9.59 Å². The Morgan fingerprint density at radius 1 is 1.09 bits per heavy atom. The van der Waals surface area contributed by atoms with Crippen molar-refractivity contribution in [2.45, 2.75) is 36.8 Å². The van der Waals surface area contributed by atoms with E-state index >= 15 is 0 Å². The van der Waals surface area contributed by atoms with E-state index in [1.54, 1.807) is 30.0 Å². The summed E-state index contributed by atoms with van der Waals surface area (Å²) in [4.78, 5) is 41.6. The third-order valence-electron chi connectivity index (χ3n) is 7.47. The quantitative estimate of drug-likeness (QED) is 0.679. The van der Waals surface area contributed by atoms with Crippen molar-refractivity contribution in [2.75, 3.05) is 46.2 Å². The number of likely N-dealkylation sites (N-methyl/N-ethyl adjacent to an activating group) is 1. The van der Waals surface area contributed by atoms with Crippen LogP contribution in [-0.4, -0.2) is 83.4 Å². The summed E-state index contributed by atoms with van der Waals surface area (Å²) < 4.78 is 0. The summed E-state index contributed by atoms with van der Waals surface area (Å²) in [6.45, 7) is 0.436. The lowest BCUT2D eigenvalue weighted by molar-refractivity contribution is -0.130. The highest BCUT2D eigenvalue weighted by molar-refractivity contribution is 5.97. The molecule has 0 bridgehead atoms. The van der Waals surface area contributed by atoms with Gasteiger partial charge in [0.1, 0.15) is 18.4 Å². The van der Waals surface area contributed by atoms with Crippen molar-refractivity contribution in [3.05, 3.63) is 54.0 Å². The molecular weight excluding hydrogens is 430 g/mol. The Morgan fingerprint density at radius 3 is 2.35 bits per heavy atom. The molecule has 2 aromatic rings. The molecule has 2 aliphatic rings. The van der Waals surface area contributed by atoms with E-state index in [1.807, 2.05) is 12.1 Å². The normalized spacial score (nSPS) is 24.5. The molecule has 34 heavy (non-hydrogen) atoms. The zero-order valence-electron chi connectivity index (χ0n) is 20.2. The highest BCUT2D eigenvalue weighted by atomic mass is 16.2. The van der Waals surface area contributed by atoms with Crippen LogP contribution in [0.15, 0.2) is 42.6 Å². The van der Waals surface area contributed by atoms with Crippen molar-refractivity contribution in [2.24, 2.45) is 0 Å². The Bertz CT molecular complexity index is 1100. The number of carbonyl (C=O) groups is 2. The minimum absolute atomic E-state index is 0.0127. The van der Waals surface area contributed by atoms with Crippen LogP contribution in [0, 0.1) is 11.3 Å². The van der Waals surface area contributed by atoms with Gasteiger partial charge in [0.25, 0.3) is 0 Å². The van der Waals surface area contributed by atoms with Gasteiger partial charge in [-0.2, -0.15) is 5.26 Å². The van der Waals surface area contributed by atoms with Crippen LogP contribution in [0.25, 0.3) is 0 Å². The van der Waals surface area contributed by atoms with Gasteiger partial charge in [-0.05, 0) is 51.4 Å². The minimum atomic E-state index is -0.491. The first-order valence-corrected chi connectivity index (χ1v) is 11.5. The first kappa shape index (κ1) is 23.6. The molecule has 1 saturated carbocycles. The molecular formula is C25H31N7O2. The molecule has 0 atom stereocenters. The minimum Gasteiger partial charge on any atom is -0.347 e. The Hall–Kier alpha value is -3.51. The van der Waals surface area contributed by atoms with Crippen LogP contribution < -0.4 is 4.90 Å². The Labute approximate surface area is 200 Å². The van der Waals surface area contributed by atoms with Gasteiger partial charge in [-0.3, -0.25) is 14.6 Å². The van der Waals surface area contributed by atoms with Gasteiger partial charge in [0.15, 0.2) is 0 Å². The lowest BCUT2D eigenvalue weighted by Gasteiger charge is -2.51. The molecule has 1 aromatic heterocycles. The maximum Gasteiger partial charge on any atom is 0.326 e. The van der Waals surface area contributed by atoms with E-state index in [2.05, 4.69) is 53.2 Å². The molecule has 0 radical (unpaired) electrons. The summed E-state index contributed by atoms with van der Waals surface area (Å²) in [7, 11) is 7.61. The highest BCUT2D eigenvalue weighted by Gasteiger charge is 2.55.